The summed E-state index contributed by atoms with van der Waals surface area (Å²) in [4.78, 5) is 0. The molecule has 0 amide bonds. The van der Waals surface area contributed by atoms with Crippen LogP contribution in [0.1, 0.15) is 49.3 Å². The molecule has 0 spiro atoms. The number of allylic oxidation sites excluding steroid dienone is 2. The molecule has 0 saturated carbocycles. The van der Waals surface area contributed by atoms with Gasteiger partial charge in [0.1, 0.15) is 5.75 Å². The maximum atomic E-state index is 6.51. The molecular formula is C22H23Cl2NO. The Hall–Kier alpha value is -1.64. The van der Waals surface area contributed by atoms with Crippen LogP contribution in [0.2, 0.25) is 10.0 Å². The molecule has 1 N–H and O–H groups in total. The van der Waals surface area contributed by atoms with Gasteiger partial charge in [0.2, 0.25) is 0 Å². The summed E-state index contributed by atoms with van der Waals surface area (Å²) >= 11 is 12.6. The van der Waals surface area contributed by atoms with Crippen molar-refractivity contribution in [2.75, 3.05) is 11.9 Å². The summed E-state index contributed by atoms with van der Waals surface area (Å²) in [5.74, 6) is 1.80. The van der Waals surface area contributed by atoms with E-state index in [2.05, 4.69) is 42.6 Å². The van der Waals surface area contributed by atoms with Crippen molar-refractivity contribution in [3.63, 3.8) is 0 Å². The number of hydrogen-bond acceptors (Lipinski definition) is 2. The van der Waals surface area contributed by atoms with E-state index in [-0.39, 0.29) is 6.04 Å². The Bertz CT molecular complexity index is 833. The van der Waals surface area contributed by atoms with Gasteiger partial charge in [-0.3, -0.25) is 0 Å². The summed E-state index contributed by atoms with van der Waals surface area (Å²) in [6.45, 7) is 2.95. The standard InChI is InChI=1S/C22H23Cl2NO/c1-2-3-11-26-15-8-10-21-19(13-15)16-5-4-6-17(16)22(25-21)18-9-7-14(23)12-20(18)24/h4-5,7-10,12-13,16-17,22,25H,2-3,6,11H2,1H3. The quantitative estimate of drug-likeness (QED) is 0.440. The largest absolute Gasteiger partial charge is 0.494 e. The zero-order valence-corrected chi connectivity index (χ0v) is 16.4. The Balaban J connectivity index is 1.66. The summed E-state index contributed by atoms with van der Waals surface area (Å²) in [5, 5.41) is 5.11. The van der Waals surface area contributed by atoms with Gasteiger partial charge in [0, 0.05) is 21.7 Å². The summed E-state index contributed by atoms with van der Waals surface area (Å²) in [5.41, 5.74) is 3.60. The van der Waals surface area contributed by atoms with Crippen molar-refractivity contribution in [3.8, 4) is 5.75 Å². The van der Waals surface area contributed by atoms with Crippen LogP contribution in [0.3, 0.4) is 0 Å². The molecular weight excluding hydrogens is 365 g/mol. The van der Waals surface area contributed by atoms with Gasteiger partial charge in [-0.2, -0.15) is 0 Å². The molecule has 2 aromatic carbocycles. The maximum Gasteiger partial charge on any atom is 0.119 e. The summed E-state index contributed by atoms with van der Waals surface area (Å²) in [6, 6.07) is 12.4. The Morgan fingerprint density at radius 3 is 2.81 bits per heavy atom. The van der Waals surface area contributed by atoms with Crippen molar-refractivity contribution >= 4 is 28.9 Å². The second kappa shape index (κ2) is 7.54. The number of fused-ring (bicyclic) bond motifs is 3. The highest BCUT2D eigenvalue weighted by molar-refractivity contribution is 6.35. The van der Waals surface area contributed by atoms with Crippen molar-refractivity contribution in [1.29, 1.82) is 0 Å². The molecule has 1 aliphatic carbocycles. The Morgan fingerprint density at radius 1 is 1.12 bits per heavy atom. The van der Waals surface area contributed by atoms with Gasteiger partial charge in [-0.25, -0.2) is 0 Å². The van der Waals surface area contributed by atoms with E-state index in [0.717, 1.165) is 47.9 Å². The molecule has 0 saturated heterocycles. The van der Waals surface area contributed by atoms with E-state index in [1.54, 1.807) is 0 Å². The van der Waals surface area contributed by atoms with E-state index < -0.39 is 0 Å². The van der Waals surface area contributed by atoms with E-state index in [1.807, 2.05) is 18.2 Å². The molecule has 2 aromatic rings. The summed E-state index contributed by atoms with van der Waals surface area (Å²) < 4.78 is 5.92. The third kappa shape index (κ3) is 3.33. The first-order chi connectivity index (χ1) is 12.7. The SMILES string of the molecule is CCCCOc1ccc2c(c1)C1C=CCC1C(c1ccc(Cl)cc1Cl)N2. The third-order valence-corrected chi connectivity index (χ3v) is 5.96. The molecule has 1 heterocycles. The molecule has 0 fully saturated rings. The zero-order valence-electron chi connectivity index (χ0n) is 14.8. The fourth-order valence-electron chi connectivity index (χ4n) is 4.06. The maximum absolute atomic E-state index is 6.51. The molecule has 3 unspecified atom stereocenters. The van der Waals surface area contributed by atoms with Crippen LogP contribution in [0.4, 0.5) is 5.69 Å². The Kier molecular flexibility index (Phi) is 5.15. The van der Waals surface area contributed by atoms with Crippen molar-refractivity contribution in [1.82, 2.24) is 0 Å². The Morgan fingerprint density at radius 2 is 2.00 bits per heavy atom. The number of anilines is 1. The fraction of sp³-hybridized carbons (Fsp3) is 0.364. The highest BCUT2D eigenvalue weighted by Crippen LogP contribution is 2.51. The van der Waals surface area contributed by atoms with Gasteiger partial charge in [-0.05, 0) is 60.2 Å². The third-order valence-electron chi connectivity index (χ3n) is 5.40. The minimum Gasteiger partial charge on any atom is -0.494 e. The molecule has 0 aromatic heterocycles. The van der Waals surface area contributed by atoms with Crippen LogP contribution in [0.5, 0.6) is 5.75 Å². The predicted octanol–water partition coefficient (Wildman–Crippen LogP) is 7.00. The highest BCUT2D eigenvalue weighted by Gasteiger charge is 2.38. The van der Waals surface area contributed by atoms with E-state index in [4.69, 9.17) is 27.9 Å². The van der Waals surface area contributed by atoms with Crippen LogP contribution in [0.25, 0.3) is 0 Å². The topological polar surface area (TPSA) is 21.3 Å². The van der Waals surface area contributed by atoms with Crippen LogP contribution in [0.15, 0.2) is 48.6 Å². The molecule has 0 radical (unpaired) electrons. The van der Waals surface area contributed by atoms with E-state index in [9.17, 15) is 0 Å². The van der Waals surface area contributed by atoms with Crippen LogP contribution in [-0.2, 0) is 0 Å². The van der Waals surface area contributed by atoms with E-state index >= 15 is 0 Å². The van der Waals surface area contributed by atoms with Crippen molar-refractivity contribution in [2.24, 2.45) is 5.92 Å². The normalized spacial score (nSPS) is 23.3. The molecule has 26 heavy (non-hydrogen) atoms. The molecule has 1 aliphatic heterocycles. The van der Waals surface area contributed by atoms with Gasteiger partial charge in [-0.15, -0.1) is 0 Å². The smallest absolute Gasteiger partial charge is 0.119 e. The zero-order chi connectivity index (χ0) is 18.1. The van der Waals surface area contributed by atoms with Crippen molar-refractivity contribution < 1.29 is 4.74 Å². The lowest BCUT2D eigenvalue weighted by molar-refractivity contribution is 0.308. The fourth-order valence-corrected chi connectivity index (χ4v) is 4.58. The predicted molar refractivity (Wildman–Crippen MR) is 110 cm³/mol. The second-order valence-corrected chi connectivity index (χ2v) is 7.94. The first kappa shape index (κ1) is 17.8. The average molecular weight is 388 g/mol. The molecule has 2 aliphatic rings. The molecule has 0 bridgehead atoms. The molecule has 2 nitrogen and oxygen atoms in total. The number of nitrogens with one attached hydrogen (secondary N) is 1. The number of rotatable bonds is 5. The van der Waals surface area contributed by atoms with E-state index in [1.165, 1.54) is 5.56 Å². The van der Waals surface area contributed by atoms with Crippen LogP contribution >= 0.6 is 23.2 Å². The van der Waals surface area contributed by atoms with Crippen molar-refractivity contribution in [3.05, 3.63) is 69.7 Å². The van der Waals surface area contributed by atoms with Crippen LogP contribution in [-0.4, -0.2) is 6.61 Å². The van der Waals surface area contributed by atoms with Gasteiger partial charge in [0.25, 0.3) is 0 Å². The minimum atomic E-state index is 0.180. The monoisotopic (exact) mass is 387 g/mol. The number of halogens is 2. The van der Waals surface area contributed by atoms with Crippen molar-refractivity contribution in [2.45, 2.75) is 38.1 Å². The van der Waals surface area contributed by atoms with Crippen LogP contribution < -0.4 is 10.1 Å². The summed E-state index contributed by atoms with van der Waals surface area (Å²) in [6.07, 6.45) is 7.88. The molecule has 136 valence electrons. The number of unbranched alkanes of at least 4 members (excludes halogenated alkanes) is 1. The molecule has 3 atom stereocenters. The number of ether oxygens (including phenoxy) is 1. The van der Waals surface area contributed by atoms with Gasteiger partial charge < -0.3 is 10.1 Å². The number of benzene rings is 2. The number of hydrogen-bond donors (Lipinski definition) is 1. The van der Waals surface area contributed by atoms with Gasteiger partial charge in [-0.1, -0.05) is 54.8 Å². The first-order valence-electron chi connectivity index (χ1n) is 9.32. The first-order valence-corrected chi connectivity index (χ1v) is 10.1. The van der Waals surface area contributed by atoms with Crippen LogP contribution in [0, 0.1) is 5.92 Å². The highest BCUT2D eigenvalue weighted by atomic mass is 35.5. The molecule has 4 heteroatoms. The van der Waals surface area contributed by atoms with Gasteiger partial charge >= 0.3 is 0 Å². The lowest BCUT2D eigenvalue weighted by Crippen LogP contribution is -2.29. The second-order valence-electron chi connectivity index (χ2n) is 7.09. The molecule has 4 rings (SSSR count). The lowest BCUT2D eigenvalue weighted by Gasteiger charge is -2.38. The lowest BCUT2D eigenvalue weighted by atomic mass is 9.77. The van der Waals surface area contributed by atoms with Gasteiger partial charge in [0.15, 0.2) is 0 Å². The van der Waals surface area contributed by atoms with Gasteiger partial charge in [0.05, 0.1) is 12.6 Å². The Labute approximate surface area is 165 Å². The average Bonchev–Trinajstić information content (AvgIpc) is 3.12. The summed E-state index contributed by atoms with van der Waals surface area (Å²) in [7, 11) is 0. The minimum absolute atomic E-state index is 0.180. The van der Waals surface area contributed by atoms with E-state index in [0.29, 0.717) is 16.9 Å².